The van der Waals surface area contributed by atoms with Crippen LogP contribution in [0, 0.1) is 6.92 Å². The maximum atomic E-state index is 13.5. The Labute approximate surface area is 194 Å². The van der Waals surface area contributed by atoms with Crippen molar-refractivity contribution in [3.8, 4) is 11.4 Å². The molecule has 1 aliphatic heterocycles. The number of rotatable bonds is 5. The maximum absolute atomic E-state index is 13.5. The van der Waals surface area contributed by atoms with Gasteiger partial charge < -0.3 is 14.6 Å². The summed E-state index contributed by atoms with van der Waals surface area (Å²) in [6.45, 7) is 2.42. The van der Waals surface area contributed by atoms with Crippen LogP contribution in [-0.2, 0) is 19.1 Å². The quantitative estimate of drug-likeness (QED) is 0.432. The lowest BCUT2D eigenvalue weighted by atomic mass is 9.87. The van der Waals surface area contributed by atoms with E-state index in [4.69, 9.17) is 4.74 Å². The summed E-state index contributed by atoms with van der Waals surface area (Å²) in [5.74, 6) is 1.44. The summed E-state index contributed by atoms with van der Waals surface area (Å²) in [7, 11) is 1.60. The average molecular weight is 468 g/mol. The molecule has 0 fully saturated rings. The van der Waals surface area contributed by atoms with Gasteiger partial charge in [0.2, 0.25) is 5.95 Å². The highest BCUT2D eigenvalue weighted by Gasteiger charge is 2.36. The molecule has 7 nitrogen and oxygen atoms in total. The van der Waals surface area contributed by atoms with Crippen molar-refractivity contribution in [1.82, 2.24) is 24.3 Å². The fourth-order valence-corrected chi connectivity index (χ4v) is 4.39. The van der Waals surface area contributed by atoms with Crippen LogP contribution >= 0.6 is 0 Å². The van der Waals surface area contributed by atoms with Gasteiger partial charge in [-0.2, -0.15) is 18.2 Å². The van der Waals surface area contributed by atoms with Gasteiger partial charge in [0.25, 0.3) is 0 Å². The number of hydrogen-bond acceptors (Lipinski definition) is 5. The minimum Gasteiger partial charge on any atom is -0.494 e. The van der Waals surface area contributed by atoms with Gasteiger partial charge in [-0.15, -0.1) is 5.10 Å². The zero-order chi connectivity index (χ0) is 23.9. The Bertz CT molecular complexity index is 1330. The highest BCUT2D eigenvalue weighted by molar-refractivity contribution is 5.62. The number of hydrogen-bond donors (Lipinski definition) is 1. The first-order valence-electron chi connectivity index (χ1n) is 10.9. The van der Waals surface area contributed by atoms with E-state index >= 15 is 0 Å². The zero-order valence-corrected chi connectivity index (χ0v) is 18.7. The second-order valence-electron chi connectivity index (χ2n) is 8.28. The first-order chi connectivity index (χ1) is 16.3. The van der Waals surface area contributed by atoms with E-state index in [2.05, 4.69) is 20.4 Å². The number of nitrogens with zero attached hydrogens (tertiary/aromatic N) is 5. The normalized spacial score (nSPS) is 15.7. The van der Waals surface area contributed by atoms with E-state index in [0.29, 0.717) is 42.5 Å². The molecule has 1 N–H and O–H groups in total. The van der Waals surface area contributed by atoms with Crippen LogP contribution < -0.4 is 10.1 Å². The number of aryl methyl sites for hydroxylation is 2. The monoisotopic (exact) mass is 468 g/mol. The molecular formula is C24H23F3N6O. The van der Waals surface area contributed by atoms with Gasteiger partial charge >= 0.3 is 6.18 Å². The molecule has 0 aliphatic carbocycles. The van der Waals surface area contributed by atoms with Crippen LogP contribution in [0.1, 0.15) is 35.0 Å². The van der Waals surface area contributed by atoms with Gasteiger partial charge in [0.15, 0.2) is 0 Å². The van der Waals surface area contributed by atoms with Crippen LogP contribution in [0.15, 0.2) is 55.0 Å². The Morgan fingerprint density at radius 3 is 2.71 bits per heavy atom. The number of alkyl halides is 3. The number of benzene rings is 2. The third-order valence-electron chi connectivity index (χ3n) is 6.00. The fourth-order valence-electron chi connectivity index (χ4n) is 4.39. The summed E-state index contributed by atoms with van der Waals surface area (Å²) in [6.07, 6.45) is 0.205. The number of imidazole rings is 1. The van der Waals surface area contributed by atoms with Crippen molar-refractivity contribution in [3.63, 3.8) is 0 Å². The lowest BCUT2D eigenvalue weighted by molar-refractivity contribution is -0.138. The highest BCUT2D eigenvalue weighted by Crippen LogP contribution is 2.39. The second kappa shape index (κ2) is 8.51. The standard InChI is InChI=1S/C24H23F3N6O/c1-15-13-32(14-28-15)20-8-7-17(12-21(20)34-2)29-23-30-22-11-16(9-10-33(22)31-23)18-5-3-4-6-19(18)24(25,26)27/h3-8,12-14,16H,9-11H2,1-2H3,(H,29,31). The van der Waals surface area contributed by atoms with Crippen molar-refractivity contribution >= 4 is 11.6 Å². The van der Waals surface area contributed by atoms with Crippen molar-refractivity contribution in [2.24, 2.45) is 0 Å². The van der Waals surface area contributed by atoms with Crippen LogP contribution in [0.3, 0.4) is 0 Å². The molecule has 1 aliphatic rings. The van der Waals surface area contributed by atoms with Gasteiger partial charge in [0.1, 0.15) is 11.6 Å². The van der Waals surface area contributed by atoms with E-state index < -0.39 is 11.7 Å². The first kappa shape index (κ1) is 22.0. The lowest BCUT2D eigenvalue weighted by Gasteiger charge is -2.25. The third-order valence-corrected chi connectivity index (χ3v) is 6.00. The molecule has 0 spiro atoms. The van der Waals surface area contributed by atoms with Crippen molar-refractivity contribution in [2.75, 3.05) is 12.4 Å². The molecule has 0 saturated carbocycles. The molecule has 0 saturated heterocycles. The number of aromatic nitrogens is 5. The van der Waals surface area contributed by atoms with Crippen molar-refractivity contribution in [1.29, 1.82) is 0 Å². The van der Waals surface area contributed by atoms with E-state index in [0.717, 1.165) is 23.1 Å². The van der Waals surface area contributed by atoms with Gasteiger partial charge in [-0.1, -0.05) is 18.2 Å². The maximum Gasteiger partial charge on any atom is 0.416 e. The number of methoxy groups -OCH3 is 1. The number of halogens is 3. The summed E-state index contributed by atoms with van der Waals surface area (Å²) < 4.78 is 49.6. The Hall–Kier alpha value is -3.82. The molecule has 2 aromatic carbocycles. The van der Waals surface area contributed by atoms with Crippen LogP contribution in [0.5, 0.6) is 5.75 Å². The summed E-state index contributed by atoms with van der Waals surface area (Å²) in [5, 5.41) is 7.68. The van der Waals surface area contributed by atoms with Crippen molar-refractivity contribution in [2.45, 2.75) is 38.4 Å². The van der Waals surface area contributed by atoms with E-state index in [-0.39, 0.29) is 5.92 Å². The Kier molecular flexibility index (Phi) is 5.51. The van der Waals surface area contributed by atoms with Crippen LogP contribution in [0.4, 0.5) is 24.8 Å². The molecule has 0 bridgehead atoms. The minimum atomic E-state index is -4.38. The fraction of sp³-hybridized carbons (Fsp3) is 0.292. The van der Waals surface area contributed by atoms with Gasteiger partial charge in [0, 0.05) is 30.9 Å². The molecule has 4 aromatic rings. The zero-order valence-electron chi connectivity index (χ0n) is 18.7. The first-order valence-corrected chi connectivity index (χ1v) is 10.9. The smallest absolute Gasteiger partial charge is 0.416 e. The Morgan fingerprint density at radius 2 is 1.97 bits per heavy atom. The molecule has 176 valence electrons. The predicted molar refractivity (Wildman–Crippen MR) is 121 cm³/mol. The SMILES string of the molecule is COc1cc(Nc2nc3n(n2)CCC(c2ccccc2C(F)(F)F)C3)ccc1-n1cnc(C)c1. The van der Waals surface area contributed by atoms with Gasteiger partial charge in [0.05, 0.1) is 30.4 Å². The number of ether oxygens (including phenoxy) is 1. The molecule has 34 heavy (non-hydrogen) atoms. The summed E-state index contributed by atoms with van der Waals surface area (Å²) in [5.41, 5.74) is 2.21. The van der Waals surface area contributed by atoms with Gasteiger partial charge in [-0.05, 0) is 43.0 Å². The van der Waals surface area contributed by atoms with E-state index in [1.54, 1.807) is 30.3 Å². The van der Waals surface area contributed by atoms with Crippen molar-refractivity contribution < 1.29 is 17.9 Å². The topological polar surface area (TPSA) is 69.8 Å². The number of anilines is 2. The minimum absolute atomic E-state index is 0.264. The van der Waals surface area contributed by atoms with E-state index in [1.807, 2.05) is 35.9 Å². The molecule has 0 radical (unpaired) electrons. The Morgan fingerprint density at radius 1 is 1.15 bits per heavy atom. The molecule has 1 atom stereocenters. The highest BCUT2D eigenvalue weighted by atomic mass is 19.4. The molecule has 0 amide bonds. The van der Waals surface area contributed by atoms with Crippen LogP contribution in [0.2, 0.25) is 0 Å². The van der Waals surface area contributed by atoms with E-state index in [1.165, 1.54) is 6.07 Å². The number of fused-ring (bicyclic) bond motifs is 1. The van der Waals surface area contributed by atoms with Crippen LogP contribution in [0.25, 0.3) is 5.69 Å². The van der Waals surface area contributed by atoms with E-state index in [9.17, 15) is 13.2 Å². The van der Waals surface area contributed by atoms with Crippen LogP contribution in [-0.4, -0.2) is 31.4 Å². The molecule has 10 heteroatoms. The molecular weight excluding hydrogens is 445 g/mol. The van der Waals surface area contributed by atoms with Crippen molar-refractivity contribution in [3.05, 3.63) is 77.6 Å². The molecule has 5 rings (SSSR count). The van der Waals surface area contributed by atoms with Gasteiger partial charge in [-0.3, -0.25) is 0 Å². The summed E-state index contributed by atoms with van der Waals surface area (Å²) in [6, 6.07) is 11.4. The number of nitrogens with one attached hydrogen (secondary N) is 1. The third kappa shape index (κ3) is 4.23. The molecule has 3 heterocycles. The second-order valence-corrected chi connectivity index (χ2v) is 8.28. The largest absolute Gasteiger partial charge is 0.494 e. The summed E-state index contributed by atoms with van der Waals surface area (Å²) in [4.78, 5) is 8.81. The van der Waals surface area contributed by atoms with Gasteiger partial charge in [-0.25, -0.2) is 9.67 Å². The predicted octanol–water partition coefficient (Wildman–Crippen LogP) is 5.27. The average Bonchev–Trinajstić information content (AvgIpc) is 3.43. The molecule has 1 unspecified atom stereocenters. The molecule has 2 aromatic heterocycles. The lowest BCUT2D eigenvalue weighted by Crippen LogP contribution is -2.21. The Balaban J connectivity index is 1.36. The summed E-state index contributed by atoms with van der Waals surface area (Å²) >= 11 is 0.